The van der Waals surface area contributed by atoms with Crippen molar-refractivity contribution in [2.75, 3.05) is 37.9 Å². The molecule has 7 heteroatoms. The van der Waals surface area contributed by atoms with Gasteiger partial charge in [-0.05, 0) is 30.3 Å². The molecule has 1 aliphatic rings. The van der Waals surface area contributed by atoms with Crippen LogP contribution in [0.3, 0.4) is 0 Å². The molecule has 0 fully saturated rings. The van der Waals surface area contributed by atoms with Crippen LogP contribution in [-0.4, -0.2) is 50.2 Å². The molecule has 26 heavy (non-hydrogen) atoms. The zero-order chi connectivity index (χ0) is 18.8. The normalized spacial score (nSPS) is 13.6. The van der Waals surface area contributed by atoms with Crippen LogP contribution in [0.15, 0.2) is 47.5 Å². The number of benzene rings is 2. The first-order chi connectivity index (χ1) is 12.4. The highest BCUT2D eigenvalue weighted by Crippen LogP contribution is 2.29. The summed E-state index contributed by atoms with van der Waals surface area (Å²) in [5.41, 5.74) is 2.43. The van der Waals surface area contributed by atoms with Gasteiger partial charge < -0.3 is 15.1 Å². The number of urea groups is 1. The Morgan fingerprint density at radius 2 is 1.92 bits per heavy atom. The second kappa shape index (κ2) is 6.95. The van der Waals surface area contributed by atoms with Crippen LogP contribution in [0, 0.1) is 5.82 Å². The van der Waals surface area contributed by atoms with E-state index in [-0.39, 0.29) is 18.5 Å². The summed E-state index contributed by atoms with van der Waals surface area (Å²) in [6, 6.07) is 11.1. The zero-order valence-electron chi connectivity index (χ0n) is 14.8. The first kappa shape index (κ1) is 17.6. The Balaban J connectivity index is 2.14. The third kappa shape index (κ3) is 3.28. The van der Waals surface area contributed by atoms with Gasteiger partial charge in [0.2, 0.25) is 5.91 Å². The van der Waals surface area contributed by atoms with Crippen molar-refractivity contribution in [1.82, 2.24) is 4.90 Å². The number of halogens is 1. The molecule has 0 aliphatic carbocycles. The fourth-order valence-corrected chi connectivity index (χ4v) is 2.69. The number of amides is 3. The smallest absolute Gasteiger partial charge is 0.321 e. The molecular weight excluding hydrogens is 335 g/mol. The van der Waals surface area contributed by atoms with E-state index in [4.69, 9.17) is 0 Å². The molecular formula is C19H19FN4O2. The number of carbonyl (C=O) groups excluding carboxylic acids is 2. The fourth-order valence-electron chi connectivity index (χ4n) is 2.69. The first-order valence-electron chi connectivity index (χ1n) is 8.07. The monoisotopic (exact) mass is 354 g/mol. The molecule has 6 nitrogen and oxygen atoms in total. The Kier molecular flexibility index (Phi) is 4.71. The predicted octanol–water partition coefficient (Wildman–Crippen LogP) is 2.73. The summed E-state index contributed by atoms with van der Waals surface area (Å²) in [6.07, 6.45) is 0. The summed E-state index contributed by atoms with van der Waals surface area (Å²) in [6.45, 7) is -0.0752. The van der Waals surface area contributed by atoms with Crippen LogP contribution in [0.5, 0.6) is 0 Å². The maximum absolute atomic E-state index is 14.4. The molecule has 3 rings (SSSR count). The van der Waals surface area contributed by atoms with E-state index in [0.29, 0.717) is 28.2 Å². The largest absolute Gasteiger partial charge is 0.331 e. The summed E-state index contributed by atoms with van der Waals surface area (Å²) < 4.78 is 14.4. The van der Waals surface area contributed by atoms with Gasteiger partial charge in [-0.15, -0.1) is 0 Å². The van der Waals surface area contributed by atoms with Crippen molar-refractivity contribution >= 4 is 29.0 Å². The lowest BCUT2D eigenvalue weighted by Gasteiger charge is -2.20. The SMILES string of the molecule is CN(C)C(=O)Nc1ccc2c(c1)C(c1ccccc1F)=NCC(=O)N2C. The second-order valence-corrected chi connectivity index (χ2v) is 6.15. The lowest BCUT2D eigenvalue weighted by atomic mass is 9.99. The summed E-state index contributed by atoms with van der Waals surface area (Å²) in [7, 11) is 4.92. The van der Waals surface area contributed by atoms with Crippen LogP contribution in [0.1, 0.15) is 11.1 Å². The number of benzodiazepines with no additional fused rings is 1. The van der Waals surface area contributed by atoms with Crippen molar-refractivity contribution < 1.29 is 14.0 Å². The highest BCUT2D eigenvalue weighted by molar-refractivity contribution is 6.20. The van der Waals surface area contributed by atoms with Crippen LogP contribution in [0.25, 0.3) is 0 Å². The lowest BCUT2D eigenvalue weighted by molar-refractivity contribution is -0.116. The number of carbonyl (C=O) groups is 2. The van der Waals surface area contributed by atoms with Gasteiger partial charge in [0.1, 0.15) is 12.4 Å². The van der Waals surface area contributed by atoms with Gasteiger partial charge in [0.15, 0.2) is 0 Å². The molecule has 0 spiro atoms. The minimum absolute atomic E-state index is 0.0752. The van der Waals surface area contributed by atoms with E-state index in [1.54, 1.807) is 57.5 Å². The van der Waals surface area contributed by atoms with Crippen molar-refractivity contribution in [2.45, 2.75) is 0 Å². The Hall–Kier alpha value is -3.22. The van der Waals surface area contributed by atoms with Crippen LogP contribution in [-0.2, 0) is 4.79 Å². The molecule has 0 saturated heterocycles. The lowest BCUT2D eigenvalue weighted by Crippen LogP contribution is -2.28. The maximum Gasteiger partial charge on any atom is 0.321 e. The van der Waals surface area contributed by atoms with E-state index in [1.165, 1.54) is 15.9 Å². The van der Waals surface area contributed by atoms with Crippen LogP contribution < -0.4 is 10.2 Å². The average molecular weight is 354 g/mol. The molecule has 0 saturated carbocycles. The fraction of sp³-hybridized carbons (Fsp3) is 0.211. The molecule has 2 aromatic carbocycles. The van der Waals surface area contributed by atoms with Gasteiger partial charge in [-0.1, -0.05) is 12.1 Å². The average Bonchev–Trinajstić information content (AvgIpc) is 2.73. The summed E-state index contributed by atoms with van der Waals surface area (Å²) in [5.74, 6) is -0.611. The van der Waals surface area contributed by atoms with E-state index >= 15 is 0 Å². The molecule has 0 atom stereocenters. The van der Waals surface area contributed by atoms with E-state index in [1.807, 2.05) is 0 Å². The second-order valence-electron chi connectivity index (χ2n) is 6.15. The number of hydrogen-bond donors (Lipinski definition) is 1. The van der Waals surface area contributed by atoms with Crippen LogP contribution in [0.2, 0.25) is 0 Å². The molecule has 0 bridgehead atoms. The number of hydrogen-bond acceptors (Lipinski definition) is 3. The van der Waals surface area contributed by atoms with Crippen molar-refractivity contribution in [3.8, 4) is 0 Å². The molecule has 0 aromatic heterocycles. The maximum atomic E-state index is 14.4. The molecule has 3 amide bonds. The van der Waals surface area contributed by atoms with E-state index < -0.39 is 5.82 Å². The molecule has 0 radical (unpaired) electrons. The highest BCUT2D eigenvalue weighted by Gasteiger charge is 2.24. The van der Waals surface area contributed by atoms with Gasteiger partial charge in [-0.25, -0.2) is 9.18 Å². The number of likely N-dealkylation sites (N-methyl/N-ethyl adjacent to an activating group) is 1. The Morgan fingerprint density at radius 3 is 2.62 bits per heavy atom. The highest BCUT2D eigenvalue weighted by atomic mass is 19.1. The van der Waals surface area contributed by atoms with Gasteiger partial charge in [-0.3, -0.25) is 9.79 Å². The molecule has 2 aromatic rings. The van der Waals surface area contributed by atoms with Gasteiger partial charge >= 0.3 is 6.03 Å². The van der Waals surface area contributed by atoms with Crippen molar-refractivity contribution in [3.63, 3.8) is 0 Å². The topological polar surface area (TPSA) is 65.0 Å². The standard InChI is InChI=1S/C19H19FN4O2/c1-23(2)19(26)22-12-8-9-16-14(10-12)18(21-11-17(25)24(16)3)13-6-4-5-7-15(13)20/h4-10H,11H2,1-3H3,(H,22,26). The van der Waals surface area contributed by atoms with Gasteiger partial charge in [-0.2, -0.15) is 0 Å². The number of fused-ring (bicyclic) bond motifs is 1. The first-order valence-corrected chi connectivity index (χ1v) is 8.07. The third-order valence-corrected chi connectivity index (χ3v) is 4.15. The minimum Gasteiger partial charge on any atom is -0.331 e. The van der Waals surface area contributed by atoms with Crippen LogP contribution in [0.4, 0.5) is 20.6 Å². The van der Waals surface area contributed by atoms with Crippen molar-refractivity contribution in [2.24, 2.45) is 4.99 Å². The quantitative estimate of drug-likeness (QED) is 0.901. The molecule has 134 valence electrons. The predicted molar refractivity (Wildman–Crippen MR) is 99.5 cm³/mol. The molecule has 1 aliphatic heterocycles. The molecule has 1 N–H and O–H groups in total. The van der Waals surface area contributed by atoms with Gasteiger partial charge in [0.05, 0.1) is 11.4 Å². The Morgan fingerprint density at radius 1 is 1.19 bits per heavy atom. The van der Waals surface area contributed by atoms with E-state index in [0.717, 1.165) is 0 Å². The Bertz CT molecular complexity index is 908. The summed E-state index contributed by atoms with van der Waals surface area (Å²) >= 11 is 0. The van der Waals surface area contributed by atoms with Crippen LogP contribution >= 0.6 is 0 Å². The number of nitrogens with zero attached hydrogens (tertiary/aromatic N) is 3. The van der Waals surface area contributed by atoms with E-state index in [2.05, 4.69) is 10.3 Å². The minimum atomic E-state index is -0.420. The van der Waals surface area contributed by atoms with Gasteiger partial charge in [0, 0.05) is 38.0 Å². The van der Waals surface area contributed by atoms with E-state index in [9.17, 15) is 14.0 Å². The molecule has 0 unspecified atom stereocenters. The summed E-state index contributed by atoms with van der Waals surface area (Å²) in [5, 5.41) is 2.76. The summed E-state index contributed by atoms with van der Waals surface area (Å²) in [4.78, 5) is 31.4. The number of rotatable bonds is 2. The Labute approximate surface area is 150 Å². The molecule has 1 heterocycles. The van der Waals surface area contributed by atoms with Gasteiger partial charge in [0.25, 0.3) is 0 Å². The number of anilines is 2. The zero-order valence-corrected chi connectivity index (χ0v) is 14.8. The number of aliphatic imine (C=N–C) groups is 1. The number of nitrogens with one attached hydrogen (secondary N) is 1. The third-order valence-electron chi connectivity index (χ3n) is 4.15. The van der Waals surface area contributed by atoms with Crippen molar-refractivity contribution in [3.05, 3.63) is 59.4 Å². The van der Waals surface area contributed by atoms with Crippen molar-refractivity contribution in [1.29, 1.82) is 0 Å².